The van der Waals surface area contributed by atoms with Crippen LogP contribution in [0, 0.1) is 0 Å². The van der Waals surface area contributed by atoms with Crippen molar-refractivity contribution in [2.24, 2.45) is 0 Å². The molecule has 1 fully saturated rings. The van der Waals surface area contributed by atoms with Gasteiger partial charge in [0.2, 0.25) is 0 Å². The first kappa shape index (κ1) is 11.5. The molecule has 0 aliphatic carbocycles. The summed E-state index contributed by atoms with van der Waals surface area (Å²) in [4.78, 5) is 0. The second-order valence-electron chi connectivity index (χ2n) is 4.73. The lowest BCUT2D eigenvalue weighted by atomic mass is 9.98. The molecule has 2 heterocycles. The molecule has 0 bridgehead atoms. The number of benzene rings is 1. The van der Waals surface area contributed by atoms with Gasteiger partial charge in [0.05, 0.1) is 12.7 Å². The molecule has 3 nitrogen and oxygen atoms in total. The van der Waals surface area contributed by atoms with Crippen LogP contribution in [0.4, 0.5) is 0 Å². The van der Waals surface area contributed by atoms with Crippen LogP contribution in [0.5, 0.6) is 5.75 Å². The summed E-state index contributed by atoms with van der Waals surface area (Å²) in [6.07, 6.45) is 2.63. The normalized spacial score (nSPS) is 24.5. The summed E-state index contributed by atoms with van der Waals surface area (Å²) >= 11 is 3.51. The van der Waals surface area contributed by atoms with Crippen molar-refractivity contribution in [3.63, 3.8) is 0 Å². The molecule has 0 saturated carbocycles. The molecule has 4 heteroatoms. The Hall–Kier alpha value is -0.580. The number of hydrogen-bond donors (Lipinski definition) is 2. The third-order valence-electron chi connectivity index (χ3n) is 3.58. The first-order chi connectivity index (χ1) is 8.25. The Morgan fingerprint density at radius 2 is 2.35 bits per heavy atom. The zero-order chi connectivity index (χ0) is 11.8. The summed E-state index contributed by atoms with van der Waals surface area (Å²) < 4.78 is 6.68. The highest BCUT2D eigenvalue weighted by Crippen LogP contribution is 2.38. The Bertz CT molecular complexity index is 430. The average molecular weight is 298 g/mol. The maximum absolute atomic E-state index is 10.4. The Labute approximate surface area is 109 Å². The average Bonchev–Trinajstić information content (AvgIpc) is 2.97. The molecule has 92 valence electrons. The van der Waals surface area contributed by atoms with Gasteiger partial charge in [0.25, 0.3) is 0 Å². The lowest BCUT2D eigenvalue weighted by Gasteiger charge is -2.21. The van der Waals surface area contributed by atoms with Crippen LogP contribution in [0.2, 0.25) is 0 Å². The van der Waals surface area contributed by atoms with Gasteiger partial charge in [-0.05, 0) is 37.1 Å². The number of ether oxygens (including phenoxy) is 1. The minimum atomic E-state index is -0.471. The molecule has 3 rings (SSSR count). The van der Waals surface area contributed by atoms with Gasteiger partial charge in [0.1, 0.15) is 5.75 Å². The van der Waals surface area contributed by atoms with E-state index in [4.69, 9.17) is 4.74 Å². The third-order valence-corrected chi connectivity index (χ3v) is 4.03. The van der Waals surface area contributed by atoms with E-state index < -0.39 is 6.10 Å². The summed E-state index contributed by atoms with van der Waals surface area (Å²) in [7, 11) is 0. The zero-order valence-electron chi connectivity index (χ0n) is 9.58. The van der Waals surface area contributed by atoms with E-state index in [0.717, 1.165) is 48.2 Å². The Morgan fingerprint density at radius 1 is 1.47 bits per heavy atom. The van der Waals surface area contributed by atoms with Crippen molar-refractivity contribution >= 4 is 15.9 Å². The van der Waals surface area contributed by atoms with Gasteiger partial charge in [-0.1, -0.05) is 15.9 Å². The lowest BCUT2D eigenvalue weighted by molar-refractivity contribution is 0.134. The summed E-state index contributed by atoms with van der Waals surface area (Å²) in [6.45, 7) is 1.72. The monoisotopic (exact) mass is 297 g/mol. The highest BCUT2D eigenvalue weighted by molar-refractivity contribution is 9.10. The molecule has 17 heavy (non-hydrogen) atoms. The van der Waals surface area contributed by atoms with Crippen LogP contribution in [-0.4, -0.2) is 24.3 Å². The quantitative estimate of drug-likeness (QED) is 0.879. The fourth-order valence-electron chi connectivity index (χ4n) is 2.72. The standard InChI is InChI=1S/C13H16BrNO2/c14-9-6-8-3-5-17-13(8)10(7-9)12(16)11-2-1-4-15-11/h6-7,11-12,15-16H,1-5H2. The lowest BCUT2D eigenvalue weighted by Crippen LogP contribution is -2.29. The molecule has 2 N–H and O–H groups in total. The van der Waals surface area contributed by atoms with Gasteiger partial charge in [-0.3, -0.25) is 0 Å². The number of halogens is 1. The summed E-state index contributed by atoms with van der Waals surface area (Å²) in [5, 5.41) is 13.8. The molecule has 0 spiro atoms. The molecule has 2 atom stereocenters. The van der Waals surface area contributed by atoms with Crippen LogP contribution < -0.4 is 10.1 Å². The van der Waals surface area contributed by atoms with Crippen LogP contribution in [0.3, 0.4) is 0 Å². The van der Waals surface area contributed by atoms with Crippen molar-refractivity contribution < 1.29 is 9.84 Å². The molecule has 0 radical (unpaired) electrons. The topological polar surface area (TPSA) is 41.5 Å². The van der Waals surface area contributed by atoms with Crippen LogP contribution >= 0.6 is 15.9 Å². The third kappa shape index (κ3) is 2.09. The SMILES string of the molecule is OC(c1cc(Br)cc2c1OCC2)C1CCCN1. The van der Waals surface area contributed by atoms with Gasteiger partial charge in [-0.15, -0.1) is 0 Å². The molecule has 2 unspecified atom stereocenters. The van der Waals surface area contributed by atoms with Gasteiger partial charge in [-0.2, -0.15) is 0 Å². The van der Waals surface area contributed by atoms with Crippen molar-refractivity contribution in [3.8, 4) is 5.75 Å². The Balaban J connectivity index is 1.96. The molecule has 2 aliphatic rings. The summed E-state index contributed by atoms with van der Waals surface area (Å²) in [6, 6.07) is 4.23. The molecule has 1 saturated heterocycles. The molecule has 2 aliphatic heterocycles. The van der Waals surface area contributed by atoms with Crippen molar-refractivity contribution in [3.05, 3.63) is 27.7 Å². The predicted octanol–water partition coefficient (Wildman–Crippen LogP) is 2.17. The van der Waals surface area contributed by atoms with E-state index in [1.807, 2.05) is 6.07 Å². The predicted molar refractivity (Wildman–Crippen MR) is 69.3 cm³/mol. The zero-order valence-corrected chi connectivity index (χ0v) is 11.2. The molecule has 1 aromatic carbocycles. The fourth-order valence-corrected chi connectivity index (χ4v) is 3.24. The fraction of sp³-hybridized carbons (Fsp3) is 0.538. The summed E-state index contributed by atoms with van der Waals surface area (Å²) in [5.74, 6) is 0.898. The second kappa shape index (κ2) is 4.59. The molecule has 0 aromatic heterocycles. The number of nitrogens with one attached hydrogen (secondary N) is 1. The van der Waals surface area contributed by atoms with E-state index in [2.05, 4.69) is 27.3 Å². The van der Waals surface area contributed by atoms with Crippen LogP contribution in [-0.2, 0) is 6.42 Å². The number of aliphatic hydroxyl groups excluding tert-OH is 1. The Kier molecular flexibility index (Phi) is 3.11. The van der Waals surface area contributed by atoms with E-state index in [9.17, 15) is 5.11 Å². The first-order valence-electron chi connectivity index (χ1n) is 6.12. The van der Waals surface area contributed by atoms with E-state index in [1.54, 1.807) is 0 Å². The highest BCUT2D eigenvalue weighted by Gasteiger charge is 2.29. The number of fused-ring (bicyclic) bond motifs is 1. The van der Waals surface area contributed by atoms with Gasteiger partial charge < -0.3 is 15.2 Å². The van der Waals surface area contributed by atoms with Gasteiger partial charge in [-0.25, -0.2) is 0 Å². The number of hydrogen-bond acceptors (Lipinski definition) is 3. The maximum atomic E-state index is 10.4. The largest absolute Gasteiger partial charge is 0.493 e. The van der Waals surface area contributed by atoms with Crippen LogP contribution in [0.25, 0.3) is 0 Å². The number of rotatable bonds is 2. The van der Waals surface area contributed by atoms with Gasteiger partial charge in [0.15, 0.2) is 0 Å². The van der Waals surface area contributed by atoms with Gasteiger partial charge >= 0.3 is 0 Å². The van der Waals surface area contributed by atoms with Crippen LogP contribution in [0.1, 0.15) is 30.1 Å². The van der Waals surface area contributed by atoms with Gasteiger partial charge in [0, 0.05) is 22.5 Å². The number of aliphatic hydroxyl groups is 1. The molecule has 1 aromatic rings. The van der Waals surface area contributed by atoms with Crippen LogP contribution in [0.15, 0.2) is 16.6 Å². The van der Waals surface area contributed by atoms with E-state index >= 15 is 0 Å². The second-order valence-corrected chi connectivity index (χ2v) is 5.65. The molecular formula is C13H16BrNO2. The molecule has 0 amide bonds. The van der Waals surface area contributed by atoms with Crippen molar-refractivity contribution in [1.29, 1.82) is 0 Å². The minimum Gasteiger partial charge on any atom is -0.493 e. The minimum absolute atomic E-state index is 0.164. The Morgan fingerprint density at radius 3 is 3.12 bits per heavy atom. The van der Waals surface area contributed by atoms with E-state index in [0.29, 0.717) is 0 Å². The van der Waals surface area contributed by atoms with Crippen molar-refractivity contribution in [2.75, 3.05) is 13.2 Å². The highest BCUT2D eigenvalue weighted by atomic mass is 79.9. The first-order valence-corrected chi connectivity index (χ1v) is 6.91. The van der Waals surface area contributed by atoms with E-state index in [-0.39, 0.29) is 6.04 Å². The van der Waals surface area contributed by atoms with Crippen molar-refractivity contribution in [1.82, 2.24) is 5.32 Å². The smallest absolute Gasteiger partial charge is 0.128 e. The maximum Gasteiger partial charge on any atom is 0.128 e. The van der Waals surface area contributed by atoms with E-state index in [1.165, 1.54) is 5.56 Å². The van der Waals surface area contributed by atoms with Crippen molar-refractivity contribution in [2.45, 2.75) is 31.4 Å². The molecular weight excluding hydrogens is 282 g/mol. The summed E-state index contributed by atoms with van der Waals surface area (Å²) in [5.41, 5.74) is 2.12.